The first-order chi connectivity index (χ1) is 9.49. The Balaban J connectivity index is 2.08. The van der Waals surface area contributed by atoms with Crippen LogP contribution in [0.15, 0.2) is 24.3 Å². The molecule has 0 saturated carbocycles. The first-order valence-corrected chi connectivity index (χ1v) is 6.52. The number of benzene rings is 1. The van der Waals surface area contributed by atoms with Crippen molar-refractivity contribution in [1.29, 1.82) is 0 Å². The molecule has 6 heteroatoms. The number of carboxylic acid groups (broad SMARTS) is 1. The molecule has 1 aliphatic heterocycles. The fourth-order valence-corrected chi connectivity index (χ4v) is 2.64. The van der Waals surface area contributed by atoms with E-state index in [0.717, 1.165) is 18.5 Å². The molecule has 0 aliphatic carbocycles. The minimum Gasteiger partial charge on any atom is -0.480 e. The first kappa shape index (κ1) is 14.7. The lowest BCUT2D eigenvalue weighted by molar-refractivity contribution is -0.142. The Morgan fingerprint density at radius 2 is 2.05 bits per heavy atom. The second-order valence-corrected chi connectivity index (χ2v) is 4.86. The van der Waals surface area contributed by atoms with Crippen LogP contribution in [0.2, 0.25) is 0 Å². The van der Waals surface area contributed by atoms with Gasteiger partial charge >= 0.3 is 12.6 Å². The number of hydrogen-bond donors (Lipinski definition) is 1. The van der Waals surface area contributed by atoms with Gasteiger partial charge in [0, 0.05) is 6.04 Å². The molecule has 2 atom stereocenters. The van der Waals surface area contributed by atoms with Crippen LogP contribution in [0.25, 0.3) is 0 Å². The van der Waals surface area contributed by atoms with E-state index in [4.69, 9.17) is 0 Å². The summed E-state index contributed by atoms with van der Waals surface area (Å²) in [6.07, 6.45) is 1.50. The lowest BCUT2D eigenvalue weighted by Crippen LogP contribution is -2.37. The fraction of sp³-hybridized carbons (Fsp3) is 0.500. The van der Waals surface area contributed by atoms with Crippen LogP contribution in [-0.4, -0.2) is 35.2 Å². The number of ether oxygens (including phenoxy) is 1. The number of halogens is 2. The molecule has 1 aromatic carbocycles. The predicted octanol–water partition coefficient (Wildman–Crippen LogP) is 2.90. The molecule has 1 N–H and O–H groups in total. The molecule has 0 amide bonds. The normalized spacial score (nSPS) is 21.1. The van der Waals surface area contributed by atoms with Gasteiger partial charge in [0.1, 0.15) is 11.8 Å². The van der Waals surface area contributed by atoms with Gasteiger partial charge in [-0.1, -0.05) is 12.1 Å². The second kappa shape index (κ2) is 6.17. The molecule has 1 aromatic rings. The zero-order valence-electron chi connectivity index (χ0n) is 11.1. The van der Waals surface area contributed by atoms with Crippen LogP contribution in [0.5, 0.6) is 5.75 Å². The topological polar surface area (TPSA) is 49.8 Å². The highest BCUT2D eigenvalue weighted by Gasteiger charge is 2.33. The van der Waals surface area contributed by atoms with E-state index in [2.05, 4.69) is 4.74 Å². The van der Waals surface area contributed by atoms with Crippen LogP contribution < -0.4 is 4.74 Å². The number of nitrogens with zero attached hydrogens (tertiary/aromatic N) is 1. The number of alkyl halides is 2. The van der Waals surface area contributed by atoms with Crippen molar-refractivity contribution >= 4 is 5.97 Å². The molecule has 2 unspecified atom stereocenters. The van der Waals surface area contributed by atoms with Crippen molar-refractivity contribution < 1.29 is 23.4 Å². The maximum absolute atomic E-state index is 12.1. The van der Waals surface area contributed by atoms with E-state index in [-0.39, 0.29) is 11.8 Å². The predicted molar refractivity (Wildman–Crippen MR) is 68.9 cm³/mol. The molecule has 0 spiro atoms. The van der Waals surface area contributed by atoms with E-state index in [0.29, 0.717) is 6.42 Å². The molecule has 1 heterocycles. The molecular weight excluding hydrogens is 268 g/mol. The van der Waals surface area contributed by atoms with Crippen LogP contribution in [-0.2, 0) is 4.79 Å². The van der Waals surface area contributed by atoms with Crippen molar-refractivity contribution in [3.63, 3.8) is 0 Å². The van der Waals surface area contributed by atoms with Crippen molar-refractivity contribution in [2.24, 2.45) is 0 Å². The largest absolute Gasteiger partial charge is 0.480 e. The Morgan fingerprint density at radius 3 is 2.60 bits per heavy atom. The van der Waals surface area contributed by atoms with E-state index in [1.807, 2.05) is 11.8 Å². The maximum atomic E-state index is 12.1. The van der Waals surface area contributed by atoms with Gasteiger partial charge in [-0.3, -0.25) is 9.69 Å². The third-order valence-electron chi connectivity index (χ3n) is 3.66. The van der Waals surface area contributed by atoms with Crippen molar-refractivity contribution in [3.8, 4) is 5.75 Å². The van der Waals surface area contributed by atoms with Gasteiger partial charge in [0.05, 0.1) is 0 Å². The number of carboxylic acids is 1. The molecular formula is C14H17F2NO3. The molecule has 1 fully saturated rings. The average Bonchev–Trinajstić information content (AvgIpc) is 2.87. The highest BCUT2D eigenvalue weighted by Crippen LogP contribution is 2.30. The number of rotatable bonds is 5. The average molecular weight is 285 g/mol. The van der Waals surface area contributed by atoms with Crippen molar-refractivity contribution in [2.75, 3.05) is 6.54 Å². The summed E-state index contributed by atoms with van der Waals surface area (Å²) in [5, 5.41) is 9.18. The zero-order valence-corrected chi connectivity index (χ0v) is 11.1. The summed E-state index contributed by atoms with van der Waals surface area (Å²) >= 11 is 0. The van der Waals surface area contributed by atoms with Crippen LogP contribution in [0.1, 0.15) is 31.4 Å². The molecule has 0 radical (unpaired) electrons. The molecule has 0 bridgehead atoms. The van der Waals surface area contributed by atoms with E-state index < -0.39 is 18.6 Å². The van der Waals surface area contributed by atoms with E-state index in [9.17, 15) is 18.7 Å². The second-order valence-electron chi connectivity index (χ2n) is 4.86. The number of hydrogen-bond acceptors (Lipinski definition) is 3. The minimum absolute atomic E-state index is 0.0702. The van der Waals surface area contributed by atoms with Gasteiger partial charge in [-0.2, -0.15) is 8.78 Å². The Labute approximate surface area is 116 Å². The lowest BCUT2D eigenvalue weighted by atomic mass is 10.1. The summed E-state index contributed by atoms with van der Waals surface area (Å²) in [5.41, 5.74) is 0.889. The maximum Gasteiger partial charge on any atom is 0.387 e. The Morgan fingerprint density at radius 1 is 1.40 bits per heavy atom. The molecule has 0 aromatic heterocycles. The zero-order chi connectivity index (χ0) is 14.7. The summed E-state index contributed by atoms with van der Waals surface area (Å²) in [4.78, 5) is 13.1. The molecule has 4 nitrogen and oxygen atoms in total. The molecule has 2 rings (SSSR count). The highest BCUT2D eigenvalue weighted by molar-refractivity contribution is 5.73. The van der Waals surface area contributed by atoms with Gasteiger partial charge in [0.25, 0.3) is 0 Å². The Kier molecular flexibility index (Phi) is 4.54. The summed E-state index contributed by atoms with van der Waals surface area (Å²) in [6.45, 7) is -0.189. The third kappa shape index (κ3) is 3.25. The standard InChI is InChI=1S/C14H17F2NO3/c1-9(17-8-2-3-12(17)13(18)19)10-4-6-11(7-5-10)20-14(15)16/h4-7,9,12,14H,2-3,8H2,1H3,(H,18,19). The quantitative estimate of drug-likeness (QED) is 0.903. The SMILES string of the molecule is CC(c1ccc(OC(F)F)cc1)N1CCCC1C(=O)O. The van der Waals surface area contributed by atoms with Crippen molar-refractivity contribution in [1.82, 2.24) is 4.90 Å². The molecule has 1 aliphatic rings. The molecule has 20 heavy (non-hydrogen) atoms. The first-order valence-electron chi connectivity index (χ1n) is 6.52. The van der Waals surface area contributed by atoms with Crippen LogP contribution in [0.4, 0.5) is 8.78 Å². The van der Waals surface area contributed by atoms with Gasteiger partial charge < -0.3 is 9.84 Å². The van der Waals surface area contributed by atoms with Gasteiger partial charge in [0.15, 0.2) is 0 Å². The number of carbonyl (C=O) groups is 1. The van der Waals surface area contributed by atoms with E-state index in [1.54, 1.807) is 12.1 Å². The van der Waals surface area contributed by atoms with Crippen molar-refractivity contribution in [3.05, 3.63) is 29.8 Å². The fourth-order valence-electron chi connectivity index (χ4n) is 2.64. The Hall–Kier alpha value is -1.69. The summed E-state index contributed by atoms with van der Waals surface area (Å²) in [6, 6.07) is 5.80. The van der Waals surface area contributed by atoms with Gasteiger partial charge in [-0.25, -0.2) is 0 Å². The van der Waals surface area contributed by atoms with Crippen molar-refractivity contribution in [2.45, 2.75) is 38.5 Å². The molecule has 110 valence electrons. The third-order valence-corrected chi connectivity index (χ3v) is 3.66. The van der Waals surface area contributed by atoms with Crippen LogP contribution >= 0.6 is 0 Å². The minimum atomic E-state index is -2.84. The van der Waals surface area contributed by atoms with Gasteiger partial charge in [-0.15, -0.1) is 0 Å². The monoisotopic (exact) mass is 285 g/mol. The highest BCUT2D eigenvalue weighted by atomic mass is 19.3. The number of aliphatic carboxylic acids is 1. The van der Waals surface area contributed by atoms with Crippen LogP contribution in [0.3, 0.4) is 0 Å². The van der Waals surface area contributed by atoms with Gasteiger partial charge in [0.2, 0.25) is 0 Å². The summed E-state index contributed by atoms with van der Waals surface area (Å²) in [7, 11) is 0. The summed E-state index contributed by atoms with van der Waals surface area (Å²) in [5.74, 6) is -0.709. The van der Waals surface area contributed by atoms with Gasteiger partial charge in [-0.05, 0) is 44.0 Å². The molecule has 1 saturated heterocycles. The Bertz CT molecular complexity index is 464. The van der Waals surface area contributed by atoms with E-state index >= 15 is 0 Å². The number of likely N-dealkylation sites (tertiary alicyclic amines) is 1. The lowest BCUT2D eigenvalue weighted by Gasteiger charge is -2.28. The van der Waals surface area contributed by atoms with Crippen LogP contribution in [0, 0.1) is 0 Å². The van der Waals surface area contributed by atoms with E-state index in [1.165, 1.54) is 12.1 Å². The summed E-state index contributed by atoms with van der Waals surface area (Å²) < 4.78 is 28.4. The smallest absolute Gasteiger partial charge is 0.387 e.